The highest BCUT2D eigenvalue weighted by Crippen LogP contribution is 2.34. The number of carboxylic acids is 1. The van der Waals surface area contributed by atoms with Gasteiger partial charge in [0.25, 0.3) is 0 Å². The maximum absolute atomic E-state index is 12.4. The zero-order chi connectivity index (χ0) is 15.3. The van der Waals surface area contributed by atoms with Crippen molar-refractivity contribution in [1.82, 2.24) is 4.90 Å². The molecule has 0 bridgehead atoms. The van der Waals surface area contributed by atoms with Gasteiger partial charge in [0, 0.05) is 26.8 Å². The second-order valence-corrected chi connectivity index (χ2v) is 6.34. The van der Waals surface area contributed by atoms with Gasteiger partial charge >= 0.3 is 5.97 Å². The molecular weight excluding hydrogens is 290 g/mol. The molecule has 0 aromatic carbocycles. The number of nitrogens with zero attached hydrogens (tertiary/aromatic N) is 1. The van der Waals surface area contributed by atoms with Gasteiger partial charge in [0.05, 0.1) is 11.8 Å². The minimum absolute atomic E-state index is 0.0103. The van der Waals surface area contributed by atoms with Crippen molar-refractivity contribution in [3.05, 3.63) is 22.4 Å². The summed E-state index contributed by atoms with van der Waals surface area (Å²) in [5.41, 5.74) is 0.131. The summed E-state index contributed by atoms with van der Waals surface area (Å²) in [6.45, 7) is 1.33. The van der Waals surface area contributed by atoms with Crippen LogP contribution in [-0.2, 0) is 20.7 Å². The number of thiophene rings is 1. The molecule has 1 aromatic rings. The van der Waals surface area contributed by atoms with Crippen molar-refractivity contribution < 1.29 is 19.4 Å². The second-order valence-electron chi connectivity index (χ2n) is 5.56. The monoisotopic (exact) mass is 311 g/mol. The van der Waals surface area contributed by atoms with E-state index in [9.17, 15) is 14.7 Å². The lowest BCUT2D eigenvalue weighted by molar-refractivity contribution is -0.156. The molecule has 1 N–H and O–H groups in total. The van der Waals surface area contributed by atoms with Crippen molar-refractivity contribution in [2.24, 2.45) is 5.41 Å². The first-order valence-electron chi connectivity index (χ1n) is 7.08. The smallest absolute Gasteiger partial charge is 0.311 e. The first kappa shape index (κ1) is 16.0. The predicted molar refractivity (Wildman–Crippen MR) is 80.4 cm³/mol. The molecule has 0 spiro atoms. The molecular formula is C15H21NO4S. The summed E-state index contributed by atoms with van der Waals surface area (Å²) < 4.78 is 5.04. The Labute approximate surface area is 128 Å². The molecule has 0 saturated carbocycles. The van der Waals surface area contributed by atoms with Gasteiger partial charge in [-0.3, -0.25) is 9.59 Å². The van der Waals surface area contributed by atoms with Crippen LogP contribution in [0.1, 0.15) is 24.8 Å². The molecule has 21 heavy (non-hydrogen) atoms. The normalized spacial score (nSPS) is 22.2. The molecule has 1 fully saturated rings. The summed E-state index contributed by atoms with van der Waals surface area (Å²) in [6.07, 6.45) is 2.13. The number of likely N-dealkylation sites (tertiary alicyclic amines) is 1. The van der Waals surface area contributed by atoms with Crippen LogP contribution in [0.15, 0.2) is 16.8 Å². The molecule has 6 heteroatoms. The van der Waals surface area contributed by atoms with Gasteiger partial charge in [0.2, 0.25) is 5.91 Å². The summed E-state index contributed by atoms with van der Waals surface area (Å²) >= 11 is 1.56. The summed E-state index contributed by atoms with van der Waals surface area (Å²) in [7, 11) is 1.57. The van der Waals surface area contributed by atoms with Gasteiger partial charge in [-0.15, -0.1) is 0 Å². The topological polar surface area (TPSA) is 66.8 Å². The first-order valence-corrected chi connectivity index (χ1v) is 8.03. The summed E-state index contributed by atoms with van der Waals surface area (Å²) in [6, 6.07) is 1.93. The fraction of sp³-hybridized carbons (Fsp3) is 0.600. The van der Waals surface area contributed by atoms with Crippen molar-refractivity contribution >= 4 is 23.2 Å². The Morgan fingerprint density at radius 3 is 2.95 bits per heavy atom. The number of piperidine rings is 1. The van der Waals surface area contributed by atoms with Crippen molar-refractivity contribution in [2.45, 2.75) is 25.7 Å². The van der Waals surface area contributed by atoms with Crippen LogP contribution in [-0.4, -0.2) is 48.7 Å². The Morgan fingerprint density at radius 1 is 1.52 bits per heavy atom. The minimum Gasteiger partial charge on any atom is -0.481 e. The Hall–Kier alpha value is -1.40. The highest BCUT2D eigenvalue weighted by atomic mass is 32.1. The summed E-state index contributed by atoms with van der Waals surface area (Å²) in [4.78, 5) is 25.7. The highest BCUT2D eigenvalue weighted by Gasteiger charge is 2.43. The summed E-state index contributed by atoms with van der Waals surface area (Å²) in [5.74, 6) is -0.816. The molecule has 1 unspecified atom stereocenters. The third-order valence-corrected chi connectivity index (χ3v) is 4.84. The van der Waals surface area contributed by atoms with Gasteiger partial charge < -0.3 is 14.7 Å². The molecule has 0 radical (unpaired) electrons. The van der Waals surface area contributed by atoms with Gasteiger partial charge in [0.1, 0.15) is 0 Å². The predicted octanol–water partition coefficient (Wildman–Crippen LogP) is 2.02. The Kier molecular flexibility index (Phi) is 5.36. The number of ether oxygens (including phenoxy) is 1. The molecule has 2 rings (SSSR count). The molecule has 1 saturated heterocycles. The van der Waals surface area contributed by atoms with Gasteiger partial charge in [-0.05, 0) is 41.7 Å². The zero-order valence-electron chi connectivity index (χ0n) is 12.2. The van der Waals surface area contributed by atoms with E-state index in [1.807, 2.05) is 16.8 Å². The van der Waals surface area contributed by atoms with Crippen molar-refractivity contribution in [3.63, 3.8) is 0 Å². The zero-order valence-corrected chi connectivity index (χ0v) is 13.0. The van der Waals surface area contributed by atoms with E-state index in [1.165, 1.54) is 0 Å². The Balaban J connectivity index is 2.04. The molecule has 1 aliphatic rings. The molecule has 1 amide bonds. The number of hydrogen-bond acceptors (Lipinski definition) is 4. The largest absolute Gasteiger partial charge is 0.481 e. The van der Waals surface area contributed by atoms with Crippen LogP contribution >= 0.6 is 11.3 Å². The lowest BCUT2D eigenvalue weighted by atomic mass is 9.77. The van der Waals surface area contributed by atoms with Gasteiger partial charge in [0.15, 0.2) is 0 Å². The van der Waals surface area contributed by atoms with E-state index in [0.717, 1.165) is 12.0 Å². The SMILES string of the molecule is COCCC1(C(=O)O)CCCN(C(=O)Cc2ccsc2)C1. The number of carboxylic acid groups (broad SMARTS) is 1. The maximum atomic E-state index is 12.4. The average molecular weight is 311 g/mol. The lowest BCUT2D eigenvalue weighted by Gasteiger charge is -2.40. The maximum Gasteiger partial charge on any atom is 0.311 e. The first-order chi connectivity index (χ1) is 10.1. The molecule has 0 aliphatic carbocycles. The number of hydrogen-bond donors (Lipinski definition) is 1. The van der Waals surface area contributed by atoms with E-state index < -0.39 is 11.4 Å². The van der Waals surface area contributed by atoms with E-state index in [-0.39, 0.29) is 12.5 Å². The van der Waals surface area contributed by atoms with E-state index in [4.69, 9.17) is 4.74 Å². The van der Waals surface area contributed by atoms with E-state index >= 15 is 0 Å². The average Bonchev–Trinajstić information content (AvgIpc) is 2.98. The van der Waals surface area contributed by atoms with Crippen molar-refractivity contribution in [1.29, 1.82) is 0 Å². The quantitative estimate of drug-likeness (QED) is 0.873. The minimum atomic E-state index is -0.863. The number of carbonyl (C=O) groups is 2. The number of aliphatic carboxylic acids is 1. The molecule has 1 aliphatic heterocycles. The van der Waals surface area contributed by atoms with Crippen LogP contribution < -0.4 is 0 Å². The second kappa shape index (κ2) is 7.04. The Bertz CT molecular complexity index is 488. The third kappa shape index (κ3) is 3.83. The van der Waals surface area contributed by atoms with Crippen LogP contribution in [0.3, 0.4) is 0 Å². The van der Waals surface area contributed by atoms with Crippen LogP contribution in [0.25, 0.3) is 0 Å². The standard InChI is InChI=1S/C15H21NO4S/c1-20-7-5-15(14(18)19)4-2-6-16(11-15)13(17)9-12-3-8-21-10-12/h3,8,10H,2,4-7,9,11H2,1H3,(H,18,19). The van der Waals surface area contributed by atoms with Gasteiger partial charge in [-0.2, -0.15) is 11.3 Å². The molecule has 1 aromatic heterocycles. The number of carbonyl (C=O) groups excluding carboxylic acids is 1. The third-order valence-electron chi connectivity index (χ3n) is 4.10. The highest BCUT2D eigenvalue weighted by molar-refractivity contribution is 7.07. The van der Waals surface area contributed by atoms with Crippen molar-refractivity contribution in [2.75, 3.05) is 26.8 Å². The fourth-order valence-electron chi connectivity index (χ4n) is 2.81. The van der Waals surface area contributed by atoms with Gasteiger partial charge in [-0.1, -0.05) is 0 Å². The van der Waals surface area contributed by atoms with Crippen LogP contribution in [0.4, 0.5) is 0 Å². The van der Waals surface area contributed by atoms with Crippen molar-refractivity contribution in [3.8, 4) is 0 Å². The summed E-state index contributed by atoms with van der Waals surface area (Å²) in [5, 5.41) is 13.5. The number of amides is 1. The molecule has 5 nitrogen and oxygen atoms in total. The van der Waals surface area contributed by atoms with Crippen LogP contribution in [0, 0.1) is 5.41 Å². The van der Waals surface area contributed by atoms with E-state index in [0.29, 0.717) is 32.4 Å². The van der Waals surface area contributed by atoms with Crippen LogP contribution in [0.2, 0.25) is 0 Å². The molecule has 116 valence electrons. The lowest BCUT2D eigenvalue weighted by Crippen LogP contribution is -2.50. The molecule has 2 heterocycles. The number of methoxy groups -OCH3 is 1. The Morgan fingerprint density at radius 2 is 2.33 bits per heavy atom. The van der Waals surface area contributed by atoms with Crippen LogP contribution in [0.5, 0.6) is 0 Å². The van der Waals surface area contributed by atoms with E-state index in [2.05, 4.69) is 0 Å². The molecule has 1 atom stereocenters. The fourth-order valence-corrected chi connectivity index (χ4v) is 3.48. The number of rotatable bonds is 6. The van der Waals surface area contributed by atoms with E-state index in [1.54, 1.807) is 23.3 Å². The van der Waals surface area contributed by atoms with Gasteiger partial charge in [-0.25, -0.2) is 0 Å².